The van der Waals surface area contributed by atoms with Gasteiger partial charge in [0.15, 0.2) is 0 Å². The number of aromatic nitrogens is 4. The summed E-state index contributed by atoms with van der Waals surface area (Å²) < 4.78 is 0. The highest BCUT2D eigenvalue weighted by molar-refractivity contribution is 6.43. The third-order valence-corrected chi connectivity index (χ3v) is 4.53. The van der Waals surface area contributed by atoms with E-state index in [0.717, 1.165) is 49.0 Å². The van der Waals surface area contributed by atoms with Crippen molar-refractivity contribution in [3.8, 4) is 0 Å². The lowest BCUT2D eigenvalue weighted by atomic mass is 10.0. The van der Waals surface area contributed by atoms with Gasteiger partial charge in [-0.3, -0.25) is 14.7 Å². The number of carbonyl (C=O) groups is 2. The summed E-state index contributed by atoms with van der Waals surface area (Å²) in [5, 5.41) is 6.11. The third kappa shape index (κ3) is 5.13. The molecule has 2 aromatic heterocycles. The predicted molar refractivity (Wildman–Crippen MR) is 102 cm³/mol. The Labute approximate surface area is 157 Å². The molecule has 0 radical (unpaired) electrons. The zero-order valence-electron chi connectivity index (χ0n) is 15.1. The number of H-pyrrole nitrogens is 2. The summed E-state index contributed by atoms with van der Waals surface area (Å²) >= 11 is 0. The first kappa shape index (κ1) is 18.6. The number of rotatable bonds is 10. The summed E-state index contributed by atoms with van der Waals surface area (Å²) in [6.07, 6.45) is 8.27. The maximum atomic E-state index is 12.1. The van der Waals surface area contributed by atoms with Crippen molar-refractivity contribution >= 4 is 17.3 Å². The number of aryl methyl sites for hydroxylation is 2. The topological polar surface area (TPSA) is 118 Å². The molecule has 0 saturated carbocycles. The molecule has 0 aliphatic rings. The number of benzene rings is 1. The van der Waals surface area contributed by atoms with Crippen LogP contribution >= 0.6 is 0 Å². The molecule has 27 heavy (non-hydrogen) atoms. The first-order valence-electron chi connectivity index (χ1n) is 9.06. The van der Waals surface area contributed by atoms with Crippen LogP contribution in [0.2, 0.25) is 0 Å². The van der Waals surface area contributed by atoms with Crippen molar-refractivity contribution in [2.75, 3.05) is 5.73 Å². The van der Waals surface area contributed by atoms with Gasteiger partial charge in [0.25, 0.3) is 5.78 Å². The standard InChI is InChI=1S/C20H23N5O2/c21-16-8-6-14(7-9-16)4-2-1-3-5-15-10-11-22-17(15)12-18(26)19(27)20-23-13-24-25-20/h6-11,13,22H,1-5,12,21H2,(H,23,24,25). The zero-order valence-corrected chi connectivity index (χ0v) is 15.1. The van der Waals surface area contributed by atoms with Crippen molar-refractivity contribution in [2.45, 2.75) is 38.5 Å². The molecule has 7 nitrogen and oxygen atoms in total. The minimum atomic E-state index is -0.666. The molecule has 0 fully saturated rings. The average Bonchev–Trinajstić information content (AvgIpc) is 3.35. The Hall–Kier alpha value is -3.22. The molecule has 0 aliphatic heterocycles. The lowest BCUT2D eigenvalue weighted by molar-refractivity contribution is -0.114. The number of nitrogens with two attached hydrogens (primary N) is 1. The van der Waals surface area contributed by atoms with Crippen molar-refractivity contribution < 1.29 is 9.59 Å². The van der Waals surface area contributed by atoms with Gasteiger partial charge in [-0.2, -0.15) is 0 Å². The van der Waals surface area contributed by atoms with E-state index < -0.39 is 11.6 Å². The van der Waals surface area contributed by atoms with E-state index in [9.17, 15) is 9.59 Å². The molecule has 3 aromatic rings. The van der Waals surface area contributed by atoms with Gasteiger partial charge in [0.1, 0.15) is 6.33 Å². The van der Waals surface area contributed by atoms with Crippen LogP contribution in [-0.4, -0.2) is 31.7 Å². The molecule has 3 rings (SSSR count). The molecule has 0 saturated heterocycles. The second-order valence-electron chi connectivity index (χ2n) is 6.54. The van der Waals surface area contributed by atoms with Gasteiger partial charge in [-0.1, -0.05) is 18.6 Å². The first-order valence-corrected chi connectivity index (χ1v) is 9.06. The van der Waals surface area contributed by atoms with Gasteiger partial charge >= 0.3 is 0 Å². The van der Waals surface area contributed by atoms with Crippen LogP contribution in [-0.2, 0) is 24.1 Å². The number of nitrogens with zero attached hydrogens (tertiary/aromatic N) is 2. The monoisotopic (exact) mass is 365 g/mol. The van der Waals surface area contributed by atoms with E-state index in [2.05, 4.69) is 32.3 Å². The first-order chi connectivity index (χ1) is 13.1. The van der Waals surface area contributed by atoms with Gasteiger partial charge in [0.05, 0.1) is 6.42 Å². The van der Waals surface area contributed by atoms with Crippen LogP contribution in [0.4, 0.5) is 5.69 Å². The molecule has 0 aliphatic carbocycles. The van der Waals surface area contributed by atoms with Crippen LogP contribution in [0.5, 0.6) is 0 Å². The van der Waals surface area contributed by atoms with E-state index in [-0.39, 0.29) is 12.2 Å². The van der Waals surface area contributed by atoms with Gasteiger partial charge < -0.3 is 10.7 Å². The van der Waals surface area contributed by atoms with Gasteiger partial charge in [-0.15, -0.1) is 5.10 Å². The maximum Gasteiger partial charge on any atom is 0.267 e. The van der Waals surface area contributed by atoms with E-state index in [1.807, 2.05) is 24.4 Å². The van der Waals surface area contributed by atoms with Crippen LogP contribution in [0.25, 0.3) is 0 Å². The zero-order chi connectivity index (χ0) is 19.1. The number of hydrogen-bond acceptors (Lipinski definition) is 5. The largest absolute Gasteiger partial charge is 0.399 e. The van der Waals surface area contributed by atoms with Crippen LogP contribution in [0.1, 0.15) is 46.7 Å². The van der Waals surface area contributed by atoms with E-state index in [4.69, 9.17) is 5.73 Å². The molecule has 4 N–H and O–H groups in total. The molecule has 7 heteroatoms. The molecule has 0 bridgehead atoms. The van der Waals surface area contributed by atoms with Gasteiger partial charge in [0, 0.05) is 17.6 Å². The molecule has 1 aromatic carbocycles. The summed E-state index contributed by atoms with van der Waals surface area (Å²) in [7, 11) is 0. The maximum absolute atomic E-state index is 12.1. The van der Waals surface area contributed by atoms with E-state index in [0.29, 0.717) is 0 Å². The molecule has 140 valence electrons. The second kappa shape index (κ2) is 8.93. The van der Waals surface area contributed by atoms with Gasteiger partial charge in [-0.05, 0) is 55.0 Å². The van der Waals surface area contributed by atoms with Gasteiger partial charge in [-0.25, -0.2) is 4.98 Å². The summed E-state index contributed by atoms with van der Waals surface area (Å²) in [6.45, 7) is 0. The van der Waals surface area contributed by atoms with Crippen LogP contribution < -0.4 is 5.73 Å². The van der Waals surface area contributed by atoms with E-state index in [1.54, 1.807) is 0 Å². The van der Waals surface area contributed by atoms with E-state index >= 15 is 0 Å². The SMILES string of the molecule is Nc1ccc(CCCCCc2cc[nH]c2CC(=O)C(=O)c2nc[nH]n2)cc1. The number of ketones is 2. The molecule has 2 heterocycles. The summed E-state index contributed by atoms with van der Waals surface area (Å²) in [5.74, 6) is -1.27. The van der Waals surface area contributed by atoms with Crippen molar-refractivity contribution in [2.24, 2.45) is 0 Å². The normalized spacial score (nSPS) is 10.8. The van der Waals surface area contributed by atoms with Gasteiger partial charge in [0.2, 0.25) is 11.6 Å². The molecule has 0 spiro atoms. The Morgan fingerprint density at radius 1 is 1.00 bits per heavy atom. The molecule has 0 unspecified atom stereocenters. The molecule has 0 amide bonds. The van der Waals surface area contributed by atoms with Crippen molar-refractivity contribution in [1.29, 1.82) is 0 Å². The fraction of sp³-hybridized carbons (Fsp3) is 0.300. The summed E-state index contributed by atoms with van der Waals surface area (Å²) in [6, 6.07) is 9.96. The Balaban J connectivity index is 1.44. The smallest absolute Gasteiger partial charge is 0.267 e. The summed E-state index contributed by atoms with van der Waals surface area (Å²) in [5.41, 5.74) is 9.65. The fourth-order valence-corrected chi connectivity index (χ4v) is 3.02. The number of anilines is 1. The number of aromatic amines is 2. The Bertz CT molecular complexity index is 882. The lowest BCUT2D eigenvalue weighted by Gasteiger charge is -2.05. The lowest BCUT2D eigenvalue weighted by Crippen LogP contribution is -2.19. The number of Topliss-reactive ketones (excluding diaryl/α,β-unsaturated/α-hetero) is 2. The Kier molecular flexibility index (Phi) is 6.14. The third-order valence-electron chi connectivity index (χ3n) is 4.53. The number of unbranched alkanes of at least 4 members (excludes halogenated alkanes) is 2. The number of hydrogen-bond donors (Lipinski definition) is 3. The number of nitrogens with one attached hydrogen (secondary N) is 2. The number of carbonyl (C=O) groups excluding carboxylic acids is 2. The van der Waals surface area contributed by atoms with Crippen LogP contribution in [0.3, 0.4) is 0 Å². The molecular formula is C20H23N5O2. The second-order valence-corrected chi connectivity index (χ2v) is 6.54. The van der Waals surface area contributed by atoms with Crippen molar-refractivity contribution in [3.63, 3.8) is 0 Å². The number of nitrogen functional groups attached to an aromatic ring is 1. The Morgan fingerprint density at radius 2 is 1.78 bits per heavy atom. The highest BCUT2D eigenvalue weighted by Gasteiger charge is 2.21. The van der Waals surface area contributed by atoms with E-state index in [1.165, 1.54) is 11.9 Å². The predicted octanol–water partition coefficient (Wildman–Crippen LogP) is 2.67. The molecule has 0 atom stereocenters. The van der Waals surface area contributed by atoms with Crippen molar-refractivity contribution in [3.05, 3.63) is 65.5 Å². The highest BCUT2D eigenvalue weighted by Crippen LogP contribution is 2.15. The Morgan fingerprint density at radius 3 is 2.52 bits per heavy atom. The minimum absolute atomic E-state index is 0.0428. The minimum Gasteiger partial charge on any atom is -0.399 e. The summed E-state index contributed by atoms with van der Waals surface area (Å²) in [4.78, 5) is 30.9. The average molecular weight is 365 g/mol. The molecular weight excluding hydrogens is 342 g/mol. The highest BCUT2D eigenvalue weighted by atomic mass is 16.2. The fourth-order valence-electron chi connectivity index (χ4n) is 3.02. The van der Waals surface area contributed by atoms with Crippen LogP contribution in [0, 0.1) is 0 Å². The quantitative estimate of drug-likeness (QED) is 0.221. The van der Waals surface area contributed by atoms with Crippen LogP contribution in [0.15, 0.2) is 42.9 Å². The van der Waals surface area contributed by atoms with Crippen molar-refractivity contribution in [1.82, 2.24) is 20.2 Å².